The molecule has 0 bridgehead atoms. The molecule has 0 aliphatic rings. The molecule has 3 rings (SSSR count). The monoisotopic (exact) mass is 549 g/mol. The second-order valence-electron chi connectivity index (χ2n) is 7.55. The third-order valence-electron chi connectivity index (χ3n) is 5.16. The van der Waals surface area contributed by atoms with Crippen molar-refractivity contribution in [2.45, 2.75) is 11.3 Å². The zero-order chi connectivity index (χ0) is 26.1. The van der Waals surface area contributed by atoms with E-state index in [1.165, 1.54) is 38.6 Å². The molecule has 0 aliphatic carbocycles. The predicted octanol–water partition coefficient (Wildman–Crippen LogP) is 4.39. The summed E-state index contributed by atoms with van der Waals surface area (Å²) in [6.07, 6.45) is 1.78. The number of hydrogen-bond acceptors (Lipinski definition) is 6. The average Bonchev–Trinajstić information content (AvgIpc) is 2.88. The summed E-state index contributed by atoms with van der Waals surface area (Å²) in [5.41, 5.74) is 3.88. The van der Waals surface area contributed by atoms with Gasteiger partial charge in [-0.3, -0.25) is 4.79 Å². The lowest BCUT2D eigenvalue weighted by Gasteiger charge is -2.22. The van der Waals surface area contributed by atoms with E-state index in [9.17, 15) is 13.2 Å². The average molecular weight is 550 g/mol. The van der Waals surface area contributed by atoms with Gasteiger partial charge >= 0.3 is 0 Å². The summed E-state index contributed by atoms with van der Waals surface area (Å²) in [6.45, 7) is -0.437. The van der Waals surface area contributed by atoms with Gasteiger partial charge in [-0.1, -0.05) is 53.5 Å². The van der Waals surface area contributed by atoms with Gasteiger partial charge in [-0.25, -0.2) is 13.8 Å². The number of benzene rings is 3. The first-order valence-electron chi connectivity index (χ1n) is 10.8. The lowest BCUT2D eigenvalue weighted by molar-refractivity contribution is -0.121. The molecule has 3 aromatic carbocycles. The molecule has 0 atom stereocenters. The summed E-state index contributed by atoms with van der Waals surface area (Å²) in [4.78, 5) is 12.5. The van der Waals surface area contributed by atoms with Gasteiger partial charge in [-0.2, -0.15) is 9.41 Å². The minimum atomic E-state index is -4.14. The van der Waals surface area contributed by atoms with Crippen LogP contribution < -0.4 is 14.9 Å². The lowest BCUT2D eigenvalue weighted by atomic mass is 10.1. The quantitative estimate of drug-likeness (QED) is 0.282. The molecule has 1 amide bonds. The highest BCUT2D eigenvalue weighted by molar-refractivity contribution is 7.89. The zero-order valence-corrected chi connectivity index (χ0v) is 22.0. The maximum absolute atomic E-state index is 13.4. The topological polar surface area (TPSA) is 97.3 Å². The van der Waals surface area contributed by atoms with Crippen LogP contribution in [0.1, 0.15) is 11.1 Å². The lowest BCUT2D eigenvalue weighted by Crippen LogP contribution is -2.40. The van der Waals surface area contributed by atoms with Crippen molar-refractivity contribution in [1.29, 1.82) is 0 Å². The van der Waals surface area contributed by atoms with E-state index in [2.05, 4.69) is 10.5 Å². The molecule has 3 aromatic rings. The fraction of sp³-hybridized carbons (Fsp3) is 0.200. The van der Waals surface area contributed by atoms with Crippen molar-refractivity contribution in [3.8, 4) is 11.5 Å². The Morgan fingerprint density at radius 2 is 1.78 bits per heavy atom. The molecule has 0 saturated heterocycles. The van der Waals surface area contributed by atoms with Crippen LogP contribution >= 0.6 is 23.2 Å². The molecule has 0 radical (unpaired) electrons. The highest BCUT2D eigenvalue weighted by atomic mass is 35.5. The number of hydrogen-bond donors (Lipinski definition) is 1. The van der Waals surface area contributed by atoms with Crippen molar-refractivity contribution in [2.24, 2.45) is 5.10 Å². The standard InChI is InChI=1S/C25H25Cl2N3O5S/c1-34-21-10-8-19(23(15-21)35-2)16-28-29-25(31)17-30(13-12-18-6-4-3-5-7-18)36(32,33)24-14-20(26)9-11-22(24)27/h3-11,14-16H,12-13,17H2,1-2H3,(H,29,31)/b28-16-. The first-order chi connectivity index (χ1) is 17.2. The van der Waals surface area contributed by atoms with Gasteiger partial charge in [0, 0.05) is 23.2 Å². The van der Waals surface area contributed by atoms with Crippen molar-refractivity contribution in [3.05, 3.63) is 87.9 Å². The molecular weight excluding hydrogens is 525 g/mol. The van der Waals surface area contributed by atoms with Crippen LogP contribution in [0.3, 0.4) is 0 Å². The number of halogens is 2. The van der Waals surface area contributed by atoms with E-state index in [1.807, 2.05) is 30.3 Å². The summed E-state index contributed by atoms with van der Waals surface area (Å²) in [5, 5.41) is 4.17. The Morgan fingerprint density at radius 1 is 1.03 bits per heavy atom. The number of nitrogens with one attached hydrogen (secondary N) is 1. The highest BCUT2D eigenvalue weighted by Gasteiger charge is 2.29. The van der Waals surface area contributed by atoms with E-state index in [0.717, 1.165) is 9.87 Å². The third kappa shape index (κ3) is 7.20. The molecule has 0 saturated carbocycles. The maximum atomic E-state index is 13.4. The molecule has 1 N–H and O–H groups in total. The third-order valence-corrected chi connectivity index (χ3v) is 7.72. The van der Waals surface area contributed by atoms with Gasteiger partial charge in [0.05, 0.1) is 32.0 Å². The van der Waals surface area contributed by atoms with Crippen molar-refractivity contribution >= 4 is 45.3 Å². The Hall–Kier alpha value is -3.11. The van der Waals surface area contributed by atoms with E-state index >= 15 is 0 Å². The van der Waals surface area contributed by atoms with Crippen molar-refractivity contribution in [1.82, 2.24) is 9.73 Å². The van der Waals surface area contributed by atoms with E-state index in [0.29, 0.717) is 23.5 Å². The molecule has 0 heterocycles. The molecule has 36 heavy (non-hydrogen) atoms. The molecule has 190 valence electrons. The van der Waals surface area contributed by atoms with E-state index in [1.54, 1.807) is 18.2 Å². The van der Waals surface area contributed by atoms with Crippen LogP contribution in [0.5, 0.6) is 11.5 Å². The molecule has 0 fully saturated rings. The number of carbonyl (C=O) groups is 1. The SMILES string of the molecule is COc1ccc(/C=N\NC(=O)CN(CCc2ccccc2)S(=O)(=O)c2cc(Cl)ccc2Cl)c(OC)c1. The summed E-state index contributed by atoms with van der Waals surface area (Å²) in [6, 6.07) is 18.6. The minimum absolute atomic E-state index is 0.00846. The summed E-state index contributed by atoms with van der Waals surface area (Å²) < 4.78 is 38.4. The minimum Gasteiger partial charge on any atom is -0.497 e. The Balaban J connectivity index is 1.79. The molecule has 8 nitrogen and oxygen atoms in total. The molecular formula is C25H25Cl2N3O5S. The molecule has 11 heteroatoms. The number of nitrogens with zero attached hydrogens (tertiary/aromatic N) is 2. The van der Waals surface area contributed by atoms with Crippen LogP contribution in [0, 0.1) is 0 Å². The van der Waals surface area contributed by atoms with Crippen LogP contribution in [-0.4, -0.2) is 52.2 Å². The van der Waals surface area contributed by atoms with E-state index in [4.69, 9.17) is 32.7 Å². The zero-order valence-electron chi connectivity index (χ0n) is 19.6. The van der Waals surface area contributed by atoms with Gasteiger partial charge in [0.25, 0.3) is 5.91 Å². The molecule has 0 aromatic heterocycles. The number of rotatable bonds is 11. The summed E-state index contributed by atoms with van der Waals surface area (Å²) in [7, 11) is -1.10. The largest absolute Gasteiger partial charge is 0.497 e. The van der Waals surface area contributed by atoms with E-state index < -0.39 is 22.5 Å². The molecule has 0 unspecified atom stereocenters. The number of sulfonamides is 1. The van der Waals surface area contributed by atoms with Gasteiger partial charge in [-0.15, -0.1) is 0 Å². The van der Waals surface area contributed by atoms with Gasteiger partial charge in [-0.05, 0) is 42.3 Å². The number of carbonyl (C=O) groups excluding carboxylic acids is 1. The fourth-order valence-electron chi connectivity index (χ4n) is 3.29. The van der Waals surface area contributed by atoms with Crippen molar-refractivity contribution in [2.75, 3.05) is 27.3 Å². The number of methoxy groups -OCH3 is 2. The Morgan fingerprint density at radius 3 is 2.47 bits per heavy atom. The highest BCUT2D eigenvalue weighted by Crippen LogP contribution is 2.28. The van der Waals surface area contributed by atoms with Gasteiger partial charge in [0.1, 0.15) is 16.4 Å². The van der Waals surface area contributed by atoms with Crippen LogP contribution in [-0.2, 0) is 21.2 Å². The number of ether oxygens (including phenoxy) is 2. The summed E-state index contributed by atoms with van der Waals surface area (Å²) in [5.74, 6) is 0.468. The molecule has 0 spiro atoms. The Bertz CT molecular complexity index is 1330. The Kier molecular flexibility index (Phi) is 9.72. The van der Waals surface area contributed by atoms with Crippen molar-refractivity contribution < 1.29 is 22.7 Å². The van der Waals surface area contributed by atoms with Gasteiger partial charge in [0.2, 0.25) is 10.0 Å². The second kappa shape index (κ2) is 12.7. The van der Waals surface area contributed by atoms with E-state index in [-0.39, 0.29) is 21.5 Å². The number of amides is 1. The Labute approximate surface area is 220 Å². The number of hydrazone groups is 1. The van der Waals surface area contributed by atoms with Crippen LogP contribution in [0.15, 0.2) is 76.7 Å². The summed E-state index contributed by atoms with van der Waals surface area (Å²) >= 11 is 12.2. The van der Waals surface area contributed by atoms with Gasteiger partial charge in [0.15, 0.2) is 0 Å². The first-order valence-corrected chi connectivity index (χ1v) is 13.0. The fourth-order valence-corrected chi connectivity index (χ4v) is 5.43. The van der Waals surface area contributed by atoms with Gasteiger partial charge < -0.3 is 9.47 Å². The smallest absolute Gasteiger partial charge is 0.255 e. The maximum Gasteiger partial charge on any atom is 0.255 e. The first kappa shape index (κ1) is 27.5. The van der Waals surface area contributed by atoms with Crippen LogP contribution in [0.2, 0.25) is 10.0 Å². The van der Waals surface area contributed by atoms with Crippen molar-refractivity contribution in [3.63, 3.8) is 0 Å². The van der Waals surface area contributed by atoms with Crippen LogP contribution in [0.25, 0.3) is 0 Å². The predicted molar refractivity (Wildman–Crippen MR) is 141 cm³/mol. The molecule has 0 aliphatic heterocycles. The second-order valence-corrected chi connectivity index (χ2v) is 10.3. The van der Waals surface area contributed by atoms with Crippen LogP contribution in [0.4, 0.5) is 0 Å². The normalized spacial score (nSPS) is 11.6.